The van der Waals surface area contributed by atoms with Crippen molar-refractivity contribution in [3.8, 4) is 0 Å². The molecule has 0 radical (unpaired) electrons. The number of esters is 1. The standard InChI is InChI=1S/C11H17N3O5S2/c1-4-5-12-8(15)6-14(2)21(17,18)11-9(10(16)19-3)13-7-20-11/h7H,4-6H2,1-3H3,(H,12,15). The van der Waals surface area contributed by atoms with Gasteiger partial charge in [-0.05, 0) is 6.42 Å². The molecule has 0 aliphatic heterocycles. The number of carbonyl (C=O) groups excluding carboxylic acids is 2. The smallest absolute Gasteiger partial charge is 0.358 e. The Morgan fingerprint density at radius 1 is 1.48 bits per heavy atom. The van der Waals surface area contributed by atoms with Gasteiger partial charge in [-0.3, -0.25) is 4.79 Å². The minimum atomic E-state index is -3.97. The fraction of sp³-hybridized carbons (Fsp3) is 0.545. The van der Waals surface area contributed by atoms with E-state index in [0.29, 0.717) is 6.54 Å². The highest BCUT2D eigenvalue weighted by Crippen LogP contribution is 2.23. The van der Waals surface area contributed by atoms with Crippen LogP contribution >= 0.6 is 11.3 Å². The number of carbonyl (C=O) groups is 2. The lowest BCUT2D eigenvalue weighted by molar-refractivity contribution is -0.121. The summed E-state index contributed by atoms with van der Waals surface area (Å²) in [5.74, 6) is -1.24. The van der Waals surface area contributed by atoms with Crippen molar-refractivity contribution >= 4 is 33.2 Å². The Bertz CT molecular complexity index is 611. The van der Waals surface area contributed by atoms with Crippen LogP contribution in [0.5, 0.6) is 0 Å². The van der Waals surface area contributed by atoms with E-state index in [1.807, 2.05) is 6.92 Å². The predicted molar refractivity (Wildman–Crippen MR) is 76.6 cm³/mol. The van der Waals surface area contributed by atoms with Crippen molar-refractivity contribution in [1.82, 2.24) is 14.6 Å². The molecule has 0 bridgehead atoms. The van der Waals surface area contributed by atoms with E-state index >= 15 is 0 Å². The van der Waals surface area contributed by atoms with Crippen LogP contribution in [0.15, 0.2) is 9.72 Å². The number of nitrogens with zero attached hydrogens (tertiary/aromatic N) is 2. The molecule has 0 atom stereocenters. The number of nitrogens with one attached hydrogen (secondary N) is 1. The van der Waals surface area contributed by atoms with Crippen molar-refractivity contribution in [2.24, 2.45) is 0 Å². The van der Waals surface area contributed by atoms with Crippen LogP contribution in [-0.4, -0.2) is 56.8 Å². The molecule has 1 rings (SSSR count). The van der Waals surface area contributed by atoms with Gasteiger partial charge in [-0.15, -0.1) is 11.3 Å². The highest BCUT2D eigenvalue weighted by molar-refractivity contribution is 7.91. The molecule has 0 unspecified atom stereocenters. The first-order valence-electron chi connectivity index (χ1n) is 6.09. The number of aromatic nitrogens is 1. The summed E-state index contributed by atoms with van der Waals surface area (Å²) in [6.45, 7) is 2.03. The van der Waals surface area contributed by atoms with Gasteiger partial charge in [0.05, 0.1) is 19.2 Å². The molecule has 21 heavy (non-hydrogen) atoms. The Morgan fingerprint density at radius 2 is 2.14 bits per heavy atom. The number of thiazole rings is 1. The molecule has 1 aromatic heterocycles. The van der Waals surface area contributed by atoms with E-state index in [1.165, 1.54) is 12.6 Å². The summed E-state index contributed by atoms with van der Waals surface area (Å²) in [6, 6.07) is 0. The minimum absolute atomic E-state index is 0.236. The Balaban J connectivity index is 2.93. The molecule has 0 saturated carbocycles. The fourth-order valence-corrected chi connectivity index (χ4v) is 3.85. The zero-order valence-corrected chi connectivity index (χ0v) is 13.6. The maximum atomic E-state index is 12.4. The van der Waals surface area contributed by atoms with Crippen LogP contribution in [0.1, 0.15) is 23.8 Å². The molecule has 1 amide bonds. The number of rotatable bonds is 7. The third-order valence-electron chi connectivity index (χ3n) is 2.50. The lowest BCUT2D eigenvalue weighted by Gasteiger charge is -2.16. The van der Waals surface area contributed by atoms with Gasteiger partial charge >= 0.3 is 5.97 Å². The van der Waals surface area contributed by atoms with Crippen molar-refractivity contribution in [3.63, 3.8) is 0 Å². The van der Waals surface area contributed by atoms with Gasteiger partial charge in [0.1, 0.15) is 0 Å². The average molecular weight is 335 g/mol. The third-order valence-corrected chi connectivity index (χ3v) is 5.65. The van der Waals surface area contributed by atoms with E-state index < -0.39 is 21.9 Å². The second kappa shape index (κ2) is 7.48. The largest absolute Gasteiger partial charge is 0.464 e. The summed E-state index contributed by atoms with van der Waals surface area (Å²) in [4.78, 5) is 26.8. The molecule has 0 spiro atoms. The lowest BCUT2D eigenvalue weighted by Crippen LogP contribution is -2.38. The monoisotopic (exact) mass is 335 g/mol. The third kappa shape index (κ3) is 4.22. The number of hydrogen-bond donors (Lipinski definition) is 1. The zero-order chi connectivity index (χ0) is 16.0. The molecule has 0 saturated heterocycles. The lowest BCUT2D eigenvalue weighted by atomic mass is 10.4. The molecule has 0 aliphatic carbocycles. The quantitative estimate of drug-likeness (QED) is 0.707. The molecule has 0 fully saturated rings. The average Bonchev–Trinajstić information content (AvgIpc) is 2.94. The first kappa shape index (κ1) is 17.5. The van der Waals surface area contributed by atoms with Crippen LogP contribution in [0.4, 0.5) is 0 Å². The predicted octanol–water partition coefficient (Wildman–Crippen LogP) is 0.0764. The Hall–Kier alpha value is -1.52. The van der Waals surface area contributed by atoms with E-state index in [0.717, 1.165) is 29.2 Å². The van der Waals surface area contributed by atoms with Gasteiger partial charge in [0, 0.05) is 13.6 Å². The molecule has 0 aliphatic rings. The second-order valence-corrected chi connectivity index (χ2v) is 7.19. The highest BCUT2D eigenvalue weighted by atomic mass is 32.2. The molecular weight excluding hydrogens is 318 g/mol. The summed E-state index contributed by atoms with van der Waals surface area (Å²) < 4.78 is 29.8. The van der Waals surface area contributed by atoms with E-state index in [1.54, 1.807) is 0 Å². The van der Waals surface area contributed by atoms with Crippen LogP contribution in [0, 0.1) is 0 Å². The number of ether oxygens (including phenoxy) is 1. The van der Waals surface area contributed by atoms with Crippen LogP contribution < -0.4 is 5.32 Å². The summed E-state index contributed by atoms with van der Waals surface area (Å²) in [5, 5.41) is 2.58. The van der Waals surface area contributed by atoms with Gasteiger partial charge in [-0.1, -0.05) is 6.92 Å². The van der Waals surface area contributed by atoms with E-state index in [4.69, 9.17) is 0 Å². The van der Waals surface area contributed by atoms with Crippen molar-refractivity contribution in [2.75, 3.05) is 27.2 Å². The first-order valence-corrected chi connectivity index (χ1v) is 8.41. The Kier molecular flexibility index (Phi) is 6.24. The highest BCUT2D eigenvalue weighted by Gasteiger charge is 2.31. The Labute approximate surface area is 127 Å². The van der Waals surface area contributed by atoms with Crippen molar-refractivity contribution in [2.45, 2.75) is 17.6 Å². The molecular formula is C11H17N3O5S2. The summed E-state index contributed by atoms with van der Waals surface area (Å²) in [5.41, 5.74) is 0.966. The molecule has 1 heterocycles. The molecule has 8 nitrogen and oxygen atoms in total. The first-order chi connectivity index (χ1) is 9.84. The van der Waals surface area contributed by atoms with Crippen molar-refractivity contribution in [3.05, 3.63) is 11.2 Å². The number of methoxy groups -OCH3 is 1. The maximum Gasteiger partial charge on any atom is 0.358 e. The maximum absolute atomic E-state index is 12.4. The van der Waals surface area contributed by atoms with Gasteiger partial charge < -0.3 is 10.1 Å². The summed E-state index contributed by atoms with van der Waals surface area (Å²) in [7, 11) is -1.57. The fourth-order valence-electron chi connectivity index (χ4n) is 1.40. The van der Waals surface area contributed by atoms with Crippen LogP contribution in [-0.2, 0) is 19.6 Å². The number of likely N-dealkylation sites (N-methyl/N-ethyl adjacent to an activating group) is 1. The van der Waals surface area contributed by atoms with Crippen molar-refractivity contribution < 1.29 is 22.7 Å². The van der Waals surface area contributed by atoms with Gasteiger partial charge in [0.15, 0.2) is 9.90 Å². The summed E-state index contributed by atoms with van der Waals surface area (Å²) >= 11 is 0.800. The van der Waals surface area contributed by atoms with E-state index in [2.05, 4.69) is 15.0 Å². The van der Waals surface area contributed by atoms with E-state index in [-0.39, 0.29) is 16.4 Å². The van der Waals surface area contributed by atoms with Gasteiger partial charge in [0.25, 0.3) is 10.0 Å². The number of sulfonamides is 1. The Morgan fingerprint density at radius 3 is 2.71 bits per heavy atom. The molecule has 1 N–H and O–H groups in total. The molecule has 10 heteroatoms. The number of hydrogen-bond acceptors (Lipinski definition) is 7. The molecule has 0 aromatic carbocycles. The van der Waals surface area contributed by atoms with Gasteiger partial charge in [-0.2, -0.15) is 4.31 Å². The molecule has 1 aromatic rings. The SMILES string of the molecule is CCCNC(=O)CN(C)S(=O)(=O)c1scnc1C(=O)OC. The summed E-state index contributed by atoms with van der Waals surface area (Å²) in [6.07, 6.45) is 0.754. The topological polar surface area (TPSA) is 106 Å². The van der Waals surface area contributed by atoms with Crippen molar-refractivity contribution in [1.29, 1.82) is 0 Å². The zero-order valence-electron chi connectivity index (χ0n) is 12.0. The normalized spacial score (nSPS) is 11.4. The number of amides is 1. The van der Waals surface area contributed by atoms with E-state index in [9.17, 15) is 18.0 Å². The van der Waals surface area contributed by atoms with Crippen LogP contribution in [0.2, 0.25) is 0 Å². The molecule has 118 valence electrons. The van der Waals surface area contributed by atoms with Gasteiger partial charge in [-0.25, -0.2) is 18.2 Å². The second-order valence-electron chi connectivity index (χ2n) is 4.09. The minimum Gasteiger partial charge on any atom is -0.464 e. The van der Waals surface area contributed by atoms with Crippen LogP contribution in [0.3, 0.4) is 0 Å². The van der Waals surface area contributed by atoms with Crippen LogP contribution in [0.25, 0.3) is 0 Å². The van der Waals surface area contributed by atoms with Gasteiger partial charge in [0.2, 0.25) is 5.91 Å².